The Labute approximate surface area is 189 Å². The van der Waals surface area contributed by atoms with Crippen LogP contribution in [0.4, 0.5) is 17.6 Å². The molecule has 1 aliphatic carbocycles. The van der Waals surface area contributed by atoms with E-state index in [1.165, 1.54) is 26.0 Å². The minimum Gasteiger partial charge on any atom is -0.462 e. The Morgan fingerprint density at radius 2 is 2.09 bits per heavy atom. The molecule has 1 N–H and O–H groups in total. The van der Waals surface area contributed by atoms with E-state index in [1.807, 2.05) is 0 Å². The van der Waals surface area contributed by atoms with Gasteiger partial charge in [0.2, 0.25) is 0 Å². The van der Waals surface area contributed by atoms with E-state index >= 15 is 0 Å². The van der Waals surface area contributed by atoms with Crippen LogP contribution in [0.25, 0.3) is 22.6 Å². The topological polar surface area (TPSA) is 90.4 Å². The molecule has 1 saturated carbocycles. The van der Waals surface area contributed by atoms with Crippen LogP contribution in [0.2, 0.25) is 5.02 Å². The van der Waals surface area contributed by atoms with Gasteiger partial charge in [-0.2, -0.15) is 18.3 Å². The zero-order chi connectivity index (χ0) is 24.1. The van der Waals surface area contributed by atoms with E-state index in [-0.39, 0.29) is 35.7 Å². The molecule has 176 valence electrons. The summed E-state index contributed by atoms with van der Waals surface area (Å²) in [5, 5.41) is 17.4. The summed E-state index contributed by atoms with van der Waals surface area (Å²) in [6, 6.07) is 3.02. The number of carbonyl (C=O) groups is 1. The lowest BCUT2D eigenvalue weighted by Crippen LogP contribution is -2.43. The molecule has 2 aromatic heterocycles. The third-order valence-corrected chi connectivity index (χ3v) is 5.69. The fourth-order valence-electron chi connectivity index (χ4n) is 3.98. The molecule has 0 radical (unpaired) electrons. The van der Waals surface area contributed by atoms with Gasteiger partial charge in [-0.25, -0.2) is 9.18 Å². The Balaban J connectivity index is 1.93. The van der Waals surface area contributed by atoms with Gasteiger partial charge in [0.1, 0.15) is 17.1 Å². The van der Waals surface area contributed by atoms with Crippen LogP contribution >= 0.6 is 11.6 Å². The first-order valence-electron chi connectivity index (χ1n) is 9.93. The van der Waals surface area contributed by atoms with Crippen LogP contribution in [0, 0.1) is 5.82 Å². The smallest absolute Gasteiger partial charge is 0.433 e. The van der Waals surface area contributed by atoms with Crippen molar-refractivity contribution in [2.75, 3.05) is 6.61 Å². The van der Waals surface area contributed by atoms with Crippen molar-refractivity contribution in [3.8, 4) is 22.6 Å². The molecule has 0 amide bonds. The van der Waals surface area contributed by atoms with Gasteiger partial charge in [-0.3, -0.25) is 4.68 Å². The van der Waals surface area contributed by atoms with E-state index in [1.54, 1.807) is 0 Å². The molecule has 1 aliphatic rings. The predicted molar refractivity (Wildman–Crippen MR) is 108 cm³/mol. The summed E-state index contributed by atoms with van der Waals surface area (Å²) in [7, 11) is 0. The Morgan fingerprint density at radius 1 is 1.39 bits per heavy atom. The highest BCUT2D eigenvalue weighted by molar-refractivity contribution is 6.33. The lowest BCUT2D eigenvalue weighted by Gasteiger charge is -2.41. The largest absolute Gasteiger partial charge is 0.462 e. The van der Waals surface area contributed by atoms with Crippen molar-refractivity contribution in [1.29, 1.82) is 0 Å². The standard InChI is InChI=1S/C21H18ClF4N3O4/c1-3-32-19(30)15-16(14-12(22)5-4-6-13(14)23)28-33-17(15)11-9-27-29(18(11)21(24,25)26)10-7-20(2,31)8-10/h4-6,9-10,31H,3,7-8H2,1-2H3/t10-,20+. The molecule has 1 aromatic carbocycles. The van der Waals surface area contributed by atoms with Crippen LogP contribution in [0.3, 0.4) is 0 Å². The predicted octanol–water partition coefficient (Wildman–Crippen LogP) is 5.28. The van der Waals surface area contributed by atoms with Gasteiger partial charge in [0.25, 0.3) is 0 Å². The number of carbonyl (C=O) groups excluding carboxylic acids is 1. The molecule has 0 unspecified atom stereocenters. The van der Waals surface area contributed by atoms with Gasteiger partial charge in [-0.05, 0) is 38.8 Å². The molecule has 12 heteroatoms. The maximum atomic E-state index is 14.5. The Bertz CT molecular complexity index is 1190. The van der Waals surface area contributed by atoms with Gasteiger partial charge in [0.05, 0.1) is 40.6 Å². The van der Waals surface area contributed by atoms with Gasteiger partial charge in [0, 0.05) is 0 Å². The molecule has 0 aliphatic heterocycles. The first-order valence-corrected chi connectivity index (χ1v) is 10.3. The third-order valence-electron chi connectivity index (χ3n) is 5.38. The molecule has 0 saturated heterocycles. The van der Waals surface area contributed by atoms with E-state index in [0.29, 0.717) is 0 Å². The molecule has 2 heterocycles. The minimum absolute atomic E-state index is 0.0639. The van der Waals surface area contributed by atoms with Crippen molar-refractivity contribution >= 4 is 17.6 Å². The Kier molecular flexibility index (Phi) is 5.73. The third kappa shape index (κ3) is 4.10. The Hall–Kier alpha value is -2.92. The highest BCUT2D eigenvalue weighted by Crippen LogP contribution is 2.47. The normalized spacial score (nSPS) is 20.5. The number of nitrogens with zero attached hydrogens (tertiary/aromatic N) is 3. The van der Waals surface area contributed by atoms with Crippen molar-refractivity contribution in [2.45, 2.75) is 44.5 Å². The highest BCUT2D eigenvalue weighted by Gasteiger charge is 2.47. The molecule has 4 rings (SSSR count). The van der Waals surface area contributed by atoms with Crippen LogP contribution in [0.1, 0.15) is 48.8 Å². The number of aromatic nitrogens is 3. The summed E-state index contributed by atoms with van der Waals surface area (Å²) in [6.07, 6.45) is -3.86. The quantitative estimate of drug-likeness (QED) is 0.389. The second-order valence-electron chi connectivity index (χ2n) is 7.96. The fourth-order valence-corrected chi connectivity index (χ4v) is 4.23. The lowest BCUT2D eigenvalue weighted by atomic mass is 9.77. The molecular formula is C21H18ClF4N3O4. The maximum Gasteiger partial charge on any atom is 0.433 e. The van der Waals surface area contributed by atoms with Crippen molar-refractivity contribution in [2.24, 2.45) is 0 Å². The van der Waals surface area contributed by atoms with Gasteiger partial charge >= 0.3 is 12.1 Å². The number of rotatable bonds is 5. The number of benzene rings is 1. The molecule has 0 bridgehead atoms. The second-order valence-corrected chi connectivity index (χ2v) is 8.37. The van der Waals surface area contributed by atoms with E-state index in [2.05, 4.69) is 10.3 Å². The molecular weight excluding hydrogens is 470 g/mol. The van der Waals surface area contributed by atoms with Gasteiger partial charge in [0.15, 0.2) is 11.5 Å². The summed E-state index contributed by atoms with van der Waals surface area (Å²) in [4.78, 5) is 12.7. The summed E-state index contributed by atoms with van der Waals surface area (Å²) >= 11 is 6.08. The Morgan fingerprint density at radius 3 is 2.67 bits per heavy atom. The molecule has 1 fully saturated rings. The van der Waals surface area contributed by atoms with Crippen LogP contribution < -0.4 is 0 Å². The lowest BCUT2D eigenvalue weighted by molar-refractivity contribution is -0.148. The minimum atomic E-state index is -4.89. The van der Waals surface area contributed by atoms with E-state index in [9.17, 15) is 27.5 Å². The summed E-state index contributed by atoms with van der Waals surface area (Å²) in [5.41, 5.74) is -4.06. The van der Waals surface area contributed by atoms with Crippen molar-refractivity contribution < 1.29 is 36.7 Å². The number of hydrogen-bond acceptors (Lipinski definition) is 6. The average Bonchev–Trinajstić information content (AvgIpc) is 3.30. The molecule has 0 spiro atoms. The number of alkyl halides is 3. The second kappa shape index (κ2) is 8.14. The number of aliphatic hydroxyl groups is 1. The van der Waals surface area contributed by atoms with E-state index < -0.39 is 52.2 Å². The van der Waals surface area contributed by atoms with Crippen LogP contribution in [0.5, 0.6) is 0 Å². The SMILES string of the molecule is CCOC(=O)c1c(-c2c(F)cccc2Cl)noc1-c1cnn([C@H]2C[C@@](C)(O)C2)c1C(F)(F)F. The summed E-state index contributed by atoms with van der Waals surface area (Å²) in [6.45, 7) is 2.92. The number of ether oxygens (including phenoxy) is 1. The number of halogens is 5. The highest BCUT2D eigenvalue weighted by atomic mass is 35.5. The van der Waals surface area contributed by atoms with Gasteiger partial charge in [-0.15, -0.1) is 0 Å². The fraction of sp³-hybridized carbons (Fsp3) is 0.381. The van der Waals surface area contributed by atoms with Crippen molar-refractivity contribution in [3.05, 3.63) is 46.5 Å². The monoisotopic (exact) mass is 487 g/mol. The number of esters is 1. The van der Waals surface area contributed by atoms with Crippen LogP contribution in [-0.4, -0.2) is 38.2 Å². The summed E-state index contributed by atoms with van der Waals surface area (Å²) < 4.78 is 67.7. The van der Waals surface area contributed by atoms with Crippen molar-refractivity contribution in [1.82, 2.24) is 14.9 Å². The molecule has 3 aromatic rings. The van der Waals surface area contributed by atoms with Crippen LogP contribution in [-0.2, 0) is 10.9 Å². The number of hydrogen-bond donors (Lipinski definition) is 1. The summed E-state index contributed by atoms with van der Waals surface area (Å²) in [5.74, 6) is -2.49. The first kappa shape index (κ1) is 23.2. The van der Waals surface area contributed by atoms with E-state index in [4.69, 9.17) is 20.9 Å². The zero-order valence-electron chi connectivity index (χ0n) is 17.4. The molecule has 0 atom stereocenters. The van der Waals surface area contributed by atoms with Crippen molar-refractivity contribution in [3.63, 3.8) is 0 Å². The van der Waals surface area contributed by atoms with Gasteiger partial charge in [-0.1, -0.05) is 22.8 Å². The molecule has 33 heavy (non-hydrogen) atoms. The molecule has 7 nitrogen and oxygen atoms in total. The first-order chi connectivity index (χ1) is 15.4. The van der Waals surface area contributed by atoms with Crippen LogP contribution in [0.15, 0.2) is 28.9 Å². The average molecular weight is 488 g/mol. The maximum absolute atomic E-state index is 14.5. The van der Waals surface area contributed by atoms with Gasteiger partial charge < -0.3 is 14.4 Å². The zero-order valence-corrected chi connectivity index (χ0v) is 18.2. The van der Waals surface area contributed by atoms with E-state index in [0.717, 1.165) is 16.9 Å².